The first-order chi connectivity index (χ1) is 12.6. The van der Waals surface area contributed by atoms with Crippen molar-refractivity contribution >= 4 is 17.0 Å². The number of hydrogen-bond donors (Lipinski definition) is 1. The van der Waals surface area contributed by atoms with E-state index in [0.717, 1.165) is 16.5 Å². The van der Waals surface area contributed by atoms with Gasteiger partial charge < -0.3 is 9.52 Å². The first kappa shape index (κ1) is 16.3. The van der Waals surface area contributed by atoms with Crippen molar-refractivity contribution in [3.05, 3.63) is 87.3 Å². The van der Waals surface area contributed by atoms with Gasteiger partial charge in [-0.1, -0.05) is 61.5 Å². The van der Waals surface area contributed by atoms with Crippen LogP contribution in [0.2, 0.25) is 0 Å². The molecule has 0 unspecified atom stereocenters. The SMILES string of the molecule is C[C@H](c1c(C#N)c(=O)oc2ccccc12)[C@@H]1C=Cc2ccccc2[C@H]1O. The number of nitriles is 1. The van der Waals surface area contributed by atoms with Crippen molar-refractivity contribution in [2.45, 2.75) is 18.9 Å². The first-order valence-electron chi connectivity index (χ1n) is 8.53. The van der Waals surface area contributed by atoms with E-state index in [9.17, 15) is 15.2 Å². The Balaban J connectivity index is 1.89. The molecule has 26 heavy (non-hydrogen) atoms. The molecule has 0 aliphatic heterocycles. The fourth-order valence-corrected chi connectivity index (χ4v) is 3.84. The number of aliphatic hydroxyl groups excluding tert-OH is 1. The Bertz CT molecular complexity index is 1120. The van der Waals surface area contributed by atoms with Crippen molar-refractivity contribution in [1.82, 2.24) is 0 Å². The van der Waals surface area contributed by atoms with Gasteiger partial charge in [0.1, 0.15) is 17.2 Å². The van der Waals surface area contributed by atoms with Gasteiger partial charge in [0.25, 0.3) is 0 Å². The number of aliphatic hydroxyl groups is 1. The van der Waals surface area contributed by atoms with E-state index in [1.807, 2.05) is 61.5 Å². The average molecular weight is 343 g/mol. The van der Waals surface area contributed by atoms with Crippen LogP contribution in [0.15, 0.2) is 63.8 Å². The van der Waals surface area contributed by atoms with Gasteiger partial charge in [-0.25, -0.2) is 4.79 Å². The molecule has 0 bridgehead atoms. The summed E-state index contributed by atoms with van der Waals surface area (Å²) in [7, 11) is 0. The smallest absolute Gasteiger partial charge is 0.354 e. The van der Waals surface area contributed by atoms with Gasteiger partial charge >= 0.3 is 5.63 Å². The van der Waals surface area contributed by atoms with Gasteiger partial charge in [0.05, 0.1) is 6.10 Å². The molecule has 0 amide bonds. The first-order valence-corrected chi connectivity index (χ1v) is 8.53. The molecule has 0 spiro atoms. The van der Waals surface area contributed by atoms with Crippen LogP contribution in [0.5, 0.6) is 0 Å². The molecule has 128 valence electrons. The second-order valence-corrected chi connectivity index (χ2v) is 6.59. The molecule has 0 saturated carbocycles. The van der Waals surface area contributed by atoms with Gasteiger partial charge in [0.2, 0.25) is 0 Å². The van der Waals surface area contributed by atoms with Gasteiger partial charge in [0, 0.05) is 11.3 Å². The molecule has 4 heteroatoms. The normalized spacial score (nSPS) is 19.7. The van der Waals surface area contributed by atoms with E-state index in [0.29, 0.717) is 11.1 Å². The van der Waals surface area contributed by atoms with E-state index in [-0.39, 0.29) is 17.4 Å². The van der Waals surface area contributed by atoms with E-state index in [1.54, 1.807) is 12.1 Å². The van der Waals surface area contributed by atoms with E-state index >= 15 is 0 Å². The van der Waals surface area contributed by atoms with Gasteiger partial charge in [-0.2, -0.15) is 5.26 Å². The molecule has 4 rings (SSSR count). The van der Waals surface area contributed by atoms with Crippen molar-refractivity contribution in [2.75, 3.05) is 0 Å². The Hall–Kier alpha value is -3.16. The number of nitrogens with zero attached hydrogens (tertiary/aromatic N) is 1. The van der Waals surface area contributed by atoms with E-state index < -0.39 is 11.7 Å². The monoisotopic (exact) mass is 343 g/mol. The standard InChI is InChI=1S/C22H17NO3/c1-13(15-11-10-14-6-2-3-7-16(14)21(15)24)20-17-8-4-5-9-19(17)26-22(25)18(20)12-23/h2-11,13,15,21,24H,1H3/t13-,15-,21-/m0/s1. The maximum absolute atomic E-state index is 12.3. The van der Waals surface area contributed by atoms with Crippen LogP contribution < -0.4 is 5.63 Å². The maximum Gasteiger partial charge on any atom is 0.354 e. The number of hydrogen-bond acceptors (Lipinski definition) is 4. The predicted octanol–water partition coefficient (Wildman–Crippen LogP) is 4.14. The van der Waals surface area contributed by atoms with Crippen molar-refractivity contribution in [2.24, 2.45) is 5.92 Å². The Morgan fingerprint density at radius 1 is 1.15 bits per heavy atom. The fraction of sp³-hybridized carbons (Fsp3) is 0.182. The van der Waals surface area contributed by atoms with Crippen LogP contribution in [0.3, 0.4) is 0 Å². The van der Waals surface area contributed by atoms with Crippen molar-refractivity contribution in [3.63, 3.8) is 0 Å². The van der Waals surface area contributed by atoms with Gasteiger partial charge in [-0.05, 0) is 28.7 Å². The minimum Gasteiger partial charge on any atom is -0.422 e. The lowest BCUT2D eigenvalue weighted by Crippen LogP contribution is -2.23. The van der Waals surface area contributed by atoms with E-state index in [1.165, 1.54) is 0 Å². The highest BCUT2D eigenvalue weighted by Crippen LogP contribution is 2.42. The molecule has 1 heterocycles. The molecule has 1 N–H and O–H groups in total. The van der Waals surface area contributed by atoms with Gasteiger partial charge in [-0.15, -0.1) is 0 Å². The van der Waals surface area contributed by atoms with E-state index in [4.69, 9.17) is 4.42 Å². The summed E-state index contributed by atoms with van der Waals surface area (Å²) >= 11 is 0. The van der Waals surface area contributed by atoms with Crippen LogP contribution in [0.25, 0.3) is 17.0 Å². The largest absolute Gasteiger partial charge is 0.422 e. The highest BCUT2D eigenvalue weighted by molar-refractivity contribution is 5.83. The molecular weight excluding hydrogens is 326 g/mol. The summed E-state index contributed by atoms with van der Waals surface area (Å²) in [4.78, 5) is 12.3. The number of benzene rings is 2. The molecule has 0 radical (unpaired) electrons. The van der Waals surface area contributed by atoms with Crippen molar-refractivity contribution in [1.29, 1.82) is 5.26 Å². The summed E-state index contributed by atoms with van der Waals surface area (Å²) in [6.45, 7) is 1.94. The summed E-state index contributed by atoms with van der Waals surface area (Å²) in [5.74, 6) is -0.486. The minimum atomic E-state index is -0.705. The van der Waals surface area contributed by atoms with Crippen molar-refractivity contribution in [3.8, 4) is 6.07 Å². The zero-order chi connectivity index (χ0) is 18.3. The Kier molecular flexibility index (Phi) is 3.95. The Morgan fingerprint density at radius 3 is 2.69 bits per heavy atom. The molecule has 3 aromatic rings. The molecule has 2 aromatic carbocycles. The lowest BCUT2D eigenvalue weighted by atomic mass is 9.75. The molecule has 3 atom stereocenters. The highest BCUT2D eigenvalue weighted by Gasteiger charge is 2.32. The lowest BCUT2D eigenvalue weighted by molar-refractivity contribution is 0.118. The second kappa shape index (κ2) is 6.29. The number of fused-ring (bicyclic) bond motifs is 2. The molecule has 0 saturated heterocycles. The zero-order valence-corrected chi connectivity index (χ0v) is 14.2. The third-order valence-corrected chi connectivity index (χ3v) is 5.18. The van der Waals surface area contributed by atoms with E-state index in [2.05, 4.69) is 0 Å². The van der Waals surface area contributed by atoms with Crippen LogP contribution >= 0.6 is 0 Å². The number of rotatable bonds is 2. The quantitative estimate of drug-likeness (QED) is 0.710. The molecule has 1 aromatic heterocycles. The van der Waals surface area contributed by atoms with Crippen molar-refractivity contribution < 1.29 is 9.52 Å². The molecule has 0 fully saturated rings. The molecule has 1 aliphatic carbocycles. The van der Waals surface area contributed by atoms with Gasteiger partial charge in [0.15, 0.2) is 0 Å². The number of para-hydroxylation sites is 1. The van der Waals surface area contributed by atoms with Crippen LogP contribution in [-0.4, -0.2) is 5.11 Å². The topological polar surface area (TPSA) is 74.2 Å². The Morgan fingerprint density at radius 2 is 1.88 bits per heavy atom. The summed E-state index contributed by atoms with van der Waals surface area (Å²) < 4.78 is 5.29. The summed E-state index contributed by atoms with van der Waals surface area (Å²) in [6, 6.07) is 16.9. The van der Waals surface area contributed by atoms with Crippen LogP contribution in [0.4, 0.5) is 0 Å². The van der Waals surface area contributed by atoms with Crippen LogP contribution in [-0.2, 0) is 0 Å². The zero-order valence-electron chi connectivity index (χ0n) is 14.2. The minimum absolute atomic E-state index is 0.00987. The van der Waals surface area contributed by atoms with Gasteiger partial charge in [-0.3, -0.25) is 0 Å². The summed E-state index contributed by atoms with van der Waals surface area (Å²) in [6.07, 6.45) is 3.24. The third-order valence-electron chi connectivity index (χ3n) is 5.18. The summed E-state index contributed by atoms with van der Waals surface area (Å²) in [5, 5.41) is 21.2. The third kappa shape index (κ3) is 2.45. The highest BCUT2D eigenvalue weighted by atomic mass is 16.4. The summed E-state index contributed by atoms with van der Waals surface area (Å²) in [5.41, 5.74) is 2.30. The lowest BCUT2D eigenvalue weighted by Gasteiger charge is -2.31. The molecule has 1 aliphatic rings. The predicted molar refractivity (Wildman–Crippen MR) is 99.5 cm³/mol. The molecule has 4 nitrogen and oxygen atoms in total. The Labute approximate surface area is 150 Å². The maximum atomic E-state index is 12.3. The van der Waals surface area contributed by atoms with Crippen LogP contribution in [0, 0.1) is 17.2 Å². The average Bonchev–Trinajstić information content (AvgIpc) is 2.67. The second-order valence-electron chi connectivity index (χ2n) is 6.59. The fourth-order valence-electron chi connectivity index (χ4n) is 3.84. The molecular formula is C22H17NO3. The van der Waals surface area contributed by atoms with Crippen LogP contribution in [0.1, 0.15) is 41.2 Å².